The molecule has 1 saturated heterocycles. The zero-order valence-corrected chi connectivity index (χ0v) is 21.1. The molecule has 2 aromatic carbocycles. The molecule has 1 unspecified atom stereocenters. The van der Waals surface area contributed by atoms with Gasteiger partial charge in [-0.25, -0.2) is 14.5 Å². The van der Waals surface area contributed by atoms with E-state index in [1.165, 1.54) is 18.2 Å². The molecule has 1 fully saturated rings. The number of anilines is 3. The number of pyridine rings is 1. The van der Waals surface area contributed by atoms with Gasteiger partial charge in [-0.15, -0.1) is 0 Å². The van der Waals surface area contributed by atoms with Crippen LogP contribution in [0.4, 0.5) is 21.6 Å². The highest BCUT2D eigenvalue weighted by Gasteiger charge is 2.22. The first-order chi connectivity index (χ1) is 18.9. The minimum atomic E-state index is -0.622. The lowest BCUT2D eigenvalue weighted by Crippen LogP contribution is -2.17. The molecule has 0 bridgehead atoms. The molecular formula is C29H25FN6O3. The van der Waals surface area contributed by atoms with Crippen molar-refractivity contribution in [2.45, 2.75) is 18.9 Å². The second-order valence-corrected chi connectivity index (χ2v) is 9.53. The molecule has 1 aliphatic heterocycles. The second-order valence-electron chi connectivity index (χ2n) is 9.53. The fourth-order valence-electron chi connectivity index (χ4n) is 4.85. The topological polar surface area (TPSA) is 116 Å². The maximum Gasteiger partial charge on any atom is 0.291 e. The molecule has 3 N–H and O–H groups in total. The van der Waals surface area contributed by atoms with Crippen molar-refractivity contribution < 1.29 is 13.6 Å². The van der Waals surface area contributed by atoms with Crippen LogP contribution in [0.25, 0.3) is 22.2 Å². The van der Waals surface area contributed by atoms with E-state index < -0.39 is 17.3 Å². The van der Waals surface area contributed by atoms with Gasteiger partial charge in [0.2, 0.25) is 0 Å². The third kappa shape index (κ3) is 5.01. The standard InChI is InChI=1S/C29H25FN6O3/c1-36-12-4-6-24(36)19-9-11-27(31-16-19)32-23-15-21(34-35-28(23)37)17-8-10-20(30)22(13-17)33-29(38)26-14-18-5-2-3-7-25(18)39-26/h2-3,5,7-11,13-16,24H,4,6,12H2,1H3,(H,33,38)(H,35,37)(H,31,32,34). The Morgan fingerprint density at radius 3 is 2.74 bits per heavy atom. The lowest BCUT2D eigenvalue weighted by Gasteiger charge is -2.19. The Bertz CT molecular complexity index is 1700. The van der Waals surface area contributed by atoms with Crippen molar-refractivity contribution in [3.63, 3.8) is 0 Å². The van der Waals surface area contributed by atoms with Gasteiger partial charge >= 0.3 is 0 Å². The minimum Gasteiger partial charge on any atom is -0.451 e. The van der Waals surface area contributed by atoms with Crippen LogP contribution in [0.5, 0.6) is 0 Å². The van der Waals surface area contributed by atoms with E-state index in [4.69, 9.17) is 4.42 Å². The Morgan fingerprint density at radius 1 is 1.10 bits per heavy atom. The summed E-state index contributed by atoms with van der Waals surface area (Å²) in [5.41, 5.74) is 2.31. The lowest BCUT2D eigenvalue weighted by molar-refractivity contribution is 0.0998. The number of nitrogens with one attached hydrogen (secondary N) is 3. The van der Waals surface area contributed by atoms with Crippen molar-refractivity contribution in [1.29, 1.82) is 0 Å². The Kier molecular flexibility index (Phi) is 6.37. The van der Waals surface area contributed by atoms with Crippen molar-refractivity contribution in [3.05, 3.63) is 100 Å². The molecule has 4 heterocycles. The highest BCUT2D eigenvalue weighted by atomic mass is 19.1. The summed E-state index contributed by atoms with van der Waals surface area (Å²) in [6.45, 7) is 1.06. The van der Waals surface area contributed by atoms with Crippen LogP contribution in [0.15, 0.2) is 82.1 Å². The minimum absolute atomic E-state index is 0.0467. The Labute approximate surface area is 222 Å². The molecule has 5 aromatic rings. The first-order valence-electron chi connectivity index (χ1n) is 12.6. The molecule has 1 aliphatic rings. The van der Waals surface area contributed by atoms with E-state index in [1.54, 1.807) is 24.3 Å². The summed E-state index contributed by atoms with van der Waals surface area (Å²) in [6.07, 6.45) is 4.07. The number of carbonyl (C=O) groups is 1. The zero-order valence-electron chi connectivity index (χ0n) is 21.1. The highest BCUT2D eigenvalue weighted by molar-refractivity contribution is 6.05. The zero-order chi connectivity index (χ0) is 26.9. The summed E-state index contributed by atoms with van der Waals surface area (Å²) in [7, 11) is 2.10. The van der Waals surface area contributed by atoms with Gasteiger partial charge in [0.05, 0.1) is 11.4 Å². The summed E-state index contributed by atoms with van der Waals surface area (Å²) >= 11 is 0. The van der Waals surface area contributed by atoms with Crippen molar-refractivity contribution in [3.8, 4) is 11.3 Å². The van der Waals surface area contributed by atoms with Crippen LogP contribution >= 0.6 is 0 Å². The van der Waals surface area contributed by atoms with Gasteiger partial charge < -0.3 is 15.1 Å². The predicted octanol–water partition coefficient (Wildman–Crippen LogP) is 5.48. The van der Waals surface area contributed by atoms with Crippen LogP contribution in [-0.4, -0.2) is 39.6 Å². The van der Waals surface area contributed by atoms with Crippen LogP contribution in [0, 0.1) is 5.82 Å². The number of aromatic amines is 1. The van der Waals surface area contributed by atoms with Crippen LogP contribution < -0.4 is 16.2 Å². The summed E-state index contributed by atoms with van der Waals surface area (Å²) in [6, 6.07) is 18.7. The predicted molar refractivity (Wildman–Crippen MR) is 147 cm³/mol. The van der Waals surface area contributed by atoms with E-state index in [2.05, 4.69) is 37.8 Å². The molecule has 1 amide bonds. The number of nitrogens with zero attached hydrogens (tertiary/aromatic N) is 3. The summed E-state index contributed by atoms with van der Waals surface area (Å²) in [4.78, 5) is 32.0. The number of hydrogen-bond donors (Lipinski definition) is 3. The molecule has 10 heteroatoms. The monoisotopic (exact) mass is 524 g/mol. The number of rotatable bonds is 6. The van der Waals surface area contributed by atoms with Gasteiger partial charge in [0.1, 0.15) is 22.9 Å². The van der Waals surface area contributed by atoms with Gasteiger partial charge in [-0.2, -0.15) is 5.10 Å². The molecule has 0 radical (unpaired) electrons. The number of para-hydroxylation sites is 1. The molecule has 39 heavy (non-hydrogen) atoms. The van der Waals surface area contributed by atoms with Crippen molar-refractivity contribution in [2.24, 2.45) is 0 Å². The van der Waals surface area contributed by atoms with Gasteiger partial charge in [0, 0.05) is 23.2 Å². The van der Waals surface area contributed by atoms with Crippen LogP contribution in [-0.2, 0) is 0 Å². The summed E-state index contributed by atoms with van der Waals surface area (Å²) < 4.78 is 20.2. The van der Waals surface area contributed by atoms with Gasteiger partial charge in [-0.05, 0) is 74.5 Å². The molecule has 0 aliphatic carbocycles. The van der Waals surface area contributed by atoms with E-state index in [-0.39, 0.29) is 17.1 Å². The molecule has 9 nitrogen and oxygen atoms in total. The maximum atomic E-state index is 14.6. The number of likely N-dealkylation sites (tertiary alicyclic amines) is 1. The summed E-state index contributed by atoms with van der Waals surface area (Å²) in [5, 5.41) is 12.9. The highest BCUT2D eigenvalue weighted by Crippen LogP contribution is 2.31. The van der Waals surface area contributed by atoms with Crippen LogP contribution in [0.1, 0.15) is 35.0 Å². The molecule has 196 valence electrons. The van der Waals surface area contributed by atoms with E-state index in [1.807, 2.05) is 30.5 Å². The van der Waals surface area contributed by atoms with Crippen molar-refractivity contribution >= 4 is 34.1 Å². The van der Waals surface area contributed by atoms with Gasteiger partial charge in [0.25, 0.3) is 11.5 Å². The first kappa shape index (κ1) is 24.5. The third-order valence-corrected chi connectivity index (χ3v) is 6.92. The van der Waals surface area contributed by atoms with Gasteiger partial charge in [0.15, 0.2) is 5.76 Å². The number of furan rings is 1. The summed E-state index contributed by atoms with van der Waals surface area (Å²) in [5.74, 6) is -0.631. The molecule has 6 rings (SSSR count). The molecular weight excluding hydrogens is 499 g/mol. The average molecular weight is 525 g/mol. The Morgan fingerprint density at radius 2 is 1.97 bits per heavy atom. The number of aromatic nitrogens is 3. The van der Waals surface area contributed by atoms with E-state index in [0.717, 1.165) is 30.3 Å². The van der Waals surface area contributed by atoms with Crippen LogP contribution in [0.3, 0.4) is 0 Å². The maximum absolute atomic E-state index is 14.6. The van der Waals surface area contributed by atoms with Gasteiger partial charge in [-0.1, -0.05) is 24.3 Å². The average Bonchev–Trinajstić information content (AvgIpc) is 3.58. The Hall–Kier alpha value is -4.83. The third-order valence-electron chi connectivity index (χ3n) is 6.92. The number of hydrogen-bond acceptors (Lipinski definition) is 7. The number of benzene rings is 2. The van der Waals surface area contributed by atoms with E-state index in [9.17, 15) is 14.0 Å². The second kappa shape index (κ2) is 10.1. The number of fused-ring (bicyclic) bond motifs is 1. The molecule has 0 spiro atoms. The number of amides is 1. The Balaban J connectivity index is 1.22. The number of halogens is 1. The largest absolute Gasteiger partial charge is 0.451 e. The number of carbonyl (C=O) groups excluding carboxylic acids is 1. The molecule has 0 saturated carbocycles. The van der Waals surface area contributed by atoms with Crippen molar-refractivity contribution in [2.75, 3.05) is 24.2 Å². The normalized spacial score (nSPS) is 15.5. The van der Waals surface area contributed by atoms with E-state index in [0.29, 0.717) is 28.7 Å². The van der Waals surface area contributed by atoms with Crippen molar-refractivity contribution in [1.82, 2.24) is 20.1 Å². The fourth-order valence-corrected chi connectivity index (χ4v) is 4.85. The smallest absolute Gasteiger partial charge is 0.291 e. The molecule has 3 aromatic heterocycles. The van der Waals surface area contributed by atoms with E-state index >= 15 is 0 Å². The quantitative estimate of drug-likeness (QED) is 0.269. The fraction of sp³-hybridized carbons (Fsp3) is 0.172. The van der Waals surface area contributed by atoms with Crippen LogP contribution in [0.2, 0.25) is 0 Å². The lowest BCUT2D eigenvalue weighted by atomic mass is 10.1. The molecule has 1 atom stereocenters. The van der Waals surface area contributed by atoms with Gasteiger partial charge in [-0.3, -0.25) is 14.5 Å². The number of H-pyrrole nitrogens is 1. The SMILES string of the molecule is CN1CCCC1c1ccc(Nc2cc(-c3ccc(F)c(NC(=O)c4cc5ccccc5o4)c3)n[nH]c2=O)nc1. The first-order valence-corrected chi connectivity index (χ1v) is 12.6.